The molecule has 0 fully saturated rings. The van der Waals surface area contributed by atoms with Crippen molar-refractivity contribution < 1.29 is 9.47 Å². The number of nitrogens with two attached hydrogens (primary N) is 1. The second-order valence-electron chi connectivity index (χ2n) is 3.63. The highest BCUT2D eigenvalue weighted by molar-refractivity contribution is 9.10. The van der Waals surface area contributed by atoms with Gasteiger partial charge in [-0.2, -0.15) is 0 Å². The van der Waals surface area contributed by atoms with E-state index < -0.39 is 0 Å². The monoisotopic (exact) mass is 307 g/mol. The number of nitrogen functional groups attached to an aromatic ring is 1. The normalized spacial score (nSPS) is 10.1. The maximum Gasteiger partial charge on any atom is 0.154 e. The number of rotatable bonds is 4. The fourth-order valence-electron chi connectivity index (χ4n) is 1.54. The molecule has 0 bridgehead atoms. The van der Waals surface area contributed by atoms with Gasteiger partial charge in [-0.3, -0.25) is 0 Å². The van der Waals surface area contributed by atoms with Gasteiger partial charge in [0.1, 0.15) is 17.2 Å². The van der Waals surface area contributed by atoms with Gasteiger partial charge in [0.25, 0.3) is 0 Å². The van der Waals surface area contributed by atoms with Crippen molar-refractivity contribution in [2.75, 3.05) is 12.3 Å². The molecule has 4 heteroatoms. The summed E-state index contributed by atoms with van der Waals surface area (Å²) in [5, 5.41) is 0. The van der Waals surface area contributed by atoms with Crippen molar-refractivity contribution in [1.29, 1.82) is 0 Å². The van der Waals surface area contributed by atoms with Gasteiger partial charge >= 0.3 is 0 Å². The highest BCUT2D eigenvalue weighted by atomic mass is 79.9. The average molecular weight is 308 g/mol. The number of halogens is 1. The standard InChI is InChI=1S/C14H14BrNO2/c1-2-17-12-8-5-9-13(14(12)16)18-11-7-4-3-6-10(11)15/h3-9H,2,16H2,1H3. The Kier molecular flexibility index (Phi) is 4.10. The number of hydrogen-bond donors (Lipinski definition) is 1. The molecule has 0 aromatic heterocycles. The minimum absolute atomic E-state index is 0.509. The van der Waals surface area contributed by atoms with E-state index in [-0.39, 0.29) is 0 Å². The van der Waals surface area contributed by atoms with Crippen LogP contribution in [0.25, 0.3) is 0 Å². The summed E-state index contributed by atoms with van der Waals surface area (Å²) in [6.45, 7) is 2.49. The van der Waals surface area contributed by atoms with Crippen LogP contribution in [0.3, 0.4) is 0 Å². The van der Waals surface area contributed by atoms with E-state index in [0.29, 0.717) is 23.8 Å². The molecular formula is C14H14BrNO2. The predicted octanol–water partition coefficient (Wildman–Crippen LogP) is 4.22. The number of para-hydroxylation sites is 2. The molecule has 0 radical (unpaired) electrons. The van der Waals surface area contributed by atoms with Gasteiger partial charge in [0, 0.05) is 0 Å². The highest BCUT2D eigenvalue weighted by Gasteiger charge is 2.09. The van der Waals surface area contributed by atoms with Crippen LogP contribution in [-0.2, 0) is 0 Å². The summed E-state index contributed by atoms with van der Waals surface area (Å²) >= 11 is 3.43. The number of hydrogen-bond acceptors (Lipinski definition) is 3. The van der Waals surface area contributed by atoms with Crippen LogP contribution in [0.4, 0.5) is 5.69 Å². The molecule has 0 aliphatic carbocycles. The average Bonchev–Trinajstić information content (AvgIpc) is 2.37. The van der Waals surface area contributed by atoms with Crippen LogP contribution < -0.4 is 15.2 Å². The van der Waals surface area contributed by atoms with Gasteiger partial charge in [-0.25, -0.2) is 0 Å². The first kappa shape index (κ1) is 12.8. The predicted molar refractivity (Wildman–Crippen MR) is 76.2 cm³/mol. The Labute approximate surface area is 115 Å². The van der Waals surface area contributed by atoms with Crippen LogP contribution in [0.2, 0.25) is 0 Å². The Morgan fingerprint density at radius 3 is 2.39 bits per heavy atom. The van der Waals surface area contributed by atoms with Crippen LogP contribution in [-0.4, -0.2) is 6.61 Å². The molecule has 0 aliphatic rings. The molecule has 3 nitrogen and oxygen atoms in total. The molecule has 94 valence electrons. The van der Waals surface area contributed by atoms with Crippen LogP contribution in [0.5, 0.6) is 17.2 Å². The van der Waals surface area contributed by atoms with E-state index in [1.165, 1.54) is 0 Å². The van der Waals surface area contributed by atoms with E-state index in [9.17, 15) is 0 Å². The Morgan fingerprint density at radius 2 is 1.67 bits per heavy atom. The minimum Gasteiger partial charge on any atom is -0.492 e. The van der Waals surface area contributed by atoms with Gasteiger partial charge in [-0.05, 0) is 47.1 Å². The summed E-state index contributed by atoms with van der Waals surface area (Å²) in [5.74, 6) is 1.95. The topological polar surface area (TPSA) is 44.5 Å². The minimum atomic E-state index is 0.509. The molecule has 0 saturated carbocycles. The molecule has 0 heterocycles. The molecule has 0 spiro atoms. The summed E-state index contributed by atoms with van der Waals surface area (Å²) in [4.78, 5) is 0. The molecule has 18 heavy (non-hydrogen) atoms. The van der Waals surface area contributed by atoms with Crippen molar-refractivity contribution in [2.45, 2.75) is 6.92 Å². The van der Waals surface area contributed by atoms with Crippen LogP contribution in [0.15, 0.2) is 46.9 Å². The van der Waals surface area contributed by atoms with Gasteiger partial charge in [0.15, 0.2) is 5.75 Å². The maximum absolute atomic E-state index is 6.00. The van der Waals surface area contributed by atoms with Crippen LogP contribution in [0.1, 0.15) is 6.92 Å². The Balaban J connectivity index is 2.30. The van der Waals surface area contributed by atoms with Crippen molar-refractivity contribution in [2.24, 2.45) is 0 Å². The molecular weight excluding hydrogens is 294 g/mol. The zero-order valence-corrected chi connectivity index (χ0v) is 11.6. The SMILES string of the molecule is CCOc1cccc(Oc2ccccc2Br)c1N. The van der Waals surface area contributed by atoms with Crippen molar-refractivity contribution >= 4 is 21.6 Å². The van der Waals surface area contributed by atoms with Gasteiger partial charge in [-0.15, -0.1) is 0 Å². The van der Waals surface area contributed by atoms with Crippen LogP contribution in [0, 0.1) is 0 Å². The molecule has 0 unspecified atom stereocenters. The van der Waals surface area contributed by atoms with E-state index in [0.717, 1.165) is 10.2 Å². The van der Waals surface area contributed by atoms with E-state index in [1.54, 1.807) is 0 Å². The van der Waals surface area contributed by atoms with Crippen LogP contribution >= 0.6 is 15.9 Å². The summed E-state index contributed by atoms with van der Waals surface area (Å²) in [6.07, 6.45) is 0. The third-order valence-electron chi connectivity index (χ3n) is 2.38. The number of benzene rings is 2. The van der Waals surface area contributed by atoms with E-state index in [1.807, 2.05) is 49.4 Å². The quantitative estimate of drug-likeness (QED) is 0.860. The smallest absolute Gasteiger partial charge is 0.154 e. The summed E-state index contributed by atoms with van der Waals surface area (Å²) in [6, 6.07) is 13.1. The van der Waals surface area contributed by atoms with Crippen molar-refractivity contribution in [3.05, 3.63) is 46.9 Å². The molecule has 2 aromatic carbocycles. The van der Waals surface area contributed by atoms with Gasteiger partial charge in [0.2, 0.25) is 0 Å². The second-order valence-corrected chi connectivity index (χ2v) is 4.49. The molecule has 0 aliphatic heterocycles. The van der Waals surface area contributed by atoms with Gasteiger partial charge in [-0.1, -0.05) is 18.2 Å². The fraction of sp³-hybridized carbons (Fsp3) is 0.143. The second kappa shape index (κ2) is 5.78. The lowest BCUT2D eigenvalue weighted by Crippen LogP contribution is -1.99. The number of ether oxygens (including phenoxy) is 2. The first-order valence-electron chi connectivity index (χ1n) is 5.66. The maximum atomic E-state index is 6.00. The van der Waals surface area contributed by atoms with Crippen molar-refractivity contribution in [3.63, 3.8) is 0 Å². The van der Waals surface area contributed by atoms with Crippen molar-refractivity contribution in [1.82, 2.24) is 0 Å². The summed E-state index contributed by atoms with van der Waals surface area (Å²) in [5.41, 5.74) is 6.51. The lowest BCUT2D eigenvalue weighted by atomic mass is 10.2. The highest BCUT2D eigenvalue weighted by Crippen LogP contribution is 2.36. The largest absolute Gasteiger partial charge is 0.492 e. The first-order valence-corrected chi connectivity index (χ1v) is 6.45. The number of anilines is 1. The summed E-state index contributed by atoms with van der Waals surface area (Å²) < 4.78 is 12.1. The summed E-state index contributed by atoms with van der Waals surface area (Å²) in [7, 11) is 0. The van der Waals surface area contributed by atoms with E-state index in [2.05, 4.69) is 15.9 Å². The first-order chi connectivity index (χ1) is 8.72. The molecule has 2 aromatic rings. The van der Waals surface area contributed by atoms with Gasteiger partial charge < -0.3 is 15.2 Å². The zero-order chi connectivity index (χ0) is 13.0. The Morgan fingerprint density at radius 1 is 1.00 bits per heavy atom. The molecule has 0 saturated heterocycles. The molecule has 2 rings (SSSR count). The van der Waals surface area contributed by atoms with Crippen molar-refractivity contribution in [3.8, 4) is 17.2 Å². The Bertz CT molecular complexity index is 543. The molecule has 0 atom stereocenters. The lowest BCUT2D eigenvalue weighted by molar-refractivity contribution is 0.340. The third-order valence-corrected chi connectivity index (χ3v) is 3.04. The fourth-order valence-corrected chi connectivity index (χ4v) is 1.91. The van der Waals surface area contributed by atoms with Gasteiger partial charge in [0.05, 0.1) is 11.1 Å². The van der Waals surface area contributed by atoms with E-state index in [4.69, 9.17) is 15.2 Å². The molecule has 2 N–H and O–H groups in total. The Hall–Kier alpha value is -1.68. The lowest BCUT2D eigenvalue weighted by Gasteiger charge is -2.13. The third kappa shape index (κ3) is 2.76. The molecule has 0 amide bonds. The van der Waals surface area contributed by atoms with E-state index >= 15 is 0 Å². The zero-order valence-electron chi connectivity index (χ0n) is 10.0.